The molecule has 4 nitrogen and oxygen atoms in total. The van der Waals surface area contributed by atoms with Crippen molar-refractivity contribution in [2.24, 2.45) is 11.8 Å². The molecule has 0 saturated heterocycles. The third-order valence-corrected chi connectivity index (χ3v) is 4.21. The highest BCUT2D eigenvalue weighted by Gasteiger charge is 2.34. The van der Waals surface area contributed by atoms with Gasteiger partial charge in [-0.05, 0) is 34.4 Å². The van der Waals surface area contributed by atoms with E-state index < -0.39 is 14.2 Å². The monoisotopic (exact) mass is 282 g/mol. The van der Waals surface area contributed by atoms with E-state index in [1.54, 1.807) is 12.2 Å². The number of hydrogen-bond acceptors (Lipinski definition) is 4. The Morgan fingerprint density at radius 2 is 1.76 bits per heavy atom. The number of benzene rings is 1. The van der Waals surface area contributed by atoms with Crippen molar-refractivity contribution in [3.63, 3.8) is 0 Å². The number of hydrogen-bond donors (Lipinski definition) is 4. The minimum atomic E-state index is -1.59. The quantitative estimate of drug-likeness (QED) is 0.591. The lowest BCUT2D eigenvalue weighted by Gasteiger charge is -2.26. The zero-order chi connectivity index (χ0) is 15.0. The van der Waals surface area contributed by atoms with E-state index in [-0.39, 0.29) is 11.8 Å². The third kappa shape index (κ3) is 2.63. The van der Waals surface area contributed by atoms with E-state index in [4.69, 9.17) is 0 Å². The second kappa shape index (κ2) is 5.66. The van der Waals surface area contributed by atoms with Crippen molar-refractivity contribution in [3.8, 4) is 0 Å². The summed E-state index contributed by atoms with van der Waals surface area (Å²) in [5.74, 6) is -0.177. The van der Waals surface area contributed by atoms with Gasteiger partial charge in [0.05, 0.1) is 0 Å². The SMILES string of the molecule is OB(O)C1=CC2C(B(O)O)=CC=CC2Cc2ccccc21. The molecule has 0 aromatic heterocycles. The van der Waals surface area contributed by atoms with Crippen LogP contribution < -0.4 is 0 Å². The maximum atomic E-state index is 9.69. The molecular formula is C15H16B2O4. The van der Waals surface area contributed by atoms with E-state index in [2.05, 4.69) is 0 Å². The van der Waals surface area contributed by atoms with Gasteiger partial charge >= 0.3 is 14.2 Å². The summed E-state index contributed by atoms with van der Waals surface area (Å²) in [5, 5.41) is 38.5. The fourth-order valence-electron chi connectivity index (χ4n) is 3.20. The van der Waals surface area contributed by atoms with Gasteiger partial charge in [-0.2, -0.15) is 0 Å². The number of allylic oxidation sites excluding steroid dienone is 5. The first kappa shape index (κ1) is 14.4. The highest BCUT2D eigenvalue weighted by atomic mass is 16.4. The molecule has 106 valence electrons. The Kier molecular flexibility index (Phi) is 3.87. The Morgan fingerprint density at radius 3 is 2.48 bits per heavy atom. The molecule has 0 radical (unpaired) electrons. The van der Waals surface area contributed by atoms with E-state index in [1.165, 1.54) is 0 Å². The lowest BCUT2D eigenvalue weighted by Crippen LogP contribution is -2.28. The lowest BCUT2D eigenvalue weighted by atomic mass is 9.63. The first-order chi connectivity index (χ1) is 10.1. The average molecular weight is 282 g/mol. The molecule has 1 aromatic carbocycles. The largest absolute Gasteiger partial charge is 0.488 e. The van der Waals surface area contributed by atoms with Crippen molar-refractivity contribution >= 4 is 19.7 Å². The molecule has 2 aliphatic rings. The molecule has 6 heteroatoms. The van der Waals surface area contributed by atoms with Crippen molar-refractivity contribution < 1.29 is 20.1 Å². The zero-order valence-electron chi connectivity index (χ0n) is 11.4. The van der Waals surface area contributed by atoms with E-state index in [1.807, 2.05) is 36.4 Å². The number of rotatable bonds is 2. The van der Waals surface area contributed by atoms with Crippen LogP contribution in [0.25, 0.3) is 5.47 Å². The van der Waals surface area contributed by atoms with E-state index >= 15 is 0 Å². The third-order valence-electron chi connectivity index (χ3n) is 4.21. The second-order valence-electron chi connectivity index (χ2n) is 5.47. The molecule has 2 unspecified atom stereocenters. The molecule has 0 bridgehead atoms. The minimum Gasteiger partial charge on any atom is -0.423 e. The Balaban J connectivity index is 2.13. The molecule has 2 aliphatic carbocycles. The molecule has 4 N–H and O–H groups in total. The van der Waals surface area contributed by atoms with Gasteiger partial charge in [0.1, 0.15) is 0 Å². The van der Waals surface area contributed by atoms with Gasteiger partial charge in [0.25, 0.3) is 0 Å². The fourth-order valence-corrected chi connectivity index (χ4v) is 3.20. The molecule has 0 fully saturated rings. The topological polar surface area (TPSA) is 80.9 Å². The highest BCUT2D eigenvalue weighted by molar-refractivity contribution is 6.66. The predicted molar refractivity (Wildman–Crippen MR) is 82.7 cm³/mol. The maximum absolute atomic E-state index is 9.69. The van der Waals surface area contributed by atoms with Gasteiger partial charge < -0.3 is 20.1 Å². The Labute approximate surface area is 124 Å². The molecule has 0 spiro atoms. The lowest BCUT2D eigenvalue weighted by molar-refractivity contribution is 0.402. The zero-order valence-corrected chi connectivity index (χ0v) is 11.4. The van der Waals surface area contributed by atoms with Crippen molar-refractivity contribution in [1.29, 1.82) is 0 Å². The van der Waals surface area contributed by atoms with Crippen LogP contribution in [-0.4, -0.2) is 34.3 Å². The van der Waals surface area contributed by atoms with Crippen LogP contribution in [0.1, 0.15) is 11.1 Å². The van der Waals surface area contributed by atoms with Gasteiger partial charge in [-0.1, -0.05) is 48.6 Å². The summed E-state index contributed by atoms with van der Waals surface area (Å²) >= 11 is 0. The second-order valence-corrected chi connectivity index (χ2v) is 5.47. The van der Waals surface area contributed by atoms with Crippen LogP contribution in [0.2, 0.25) is 0 Å². The van der Waals surface area contributed by atoms with E-state index in [0.29, 0.717) is 17.4 Å². The van der Waals surface area contributed by atoms with Crippen molar-refractivity contribution in [2.45, 2.75) is 6.42 Å². The predicted octanol–water partition coefficient (Wildman–Crippen LogP) is 0.379. The summed E-state index contributed by atoms with van der Waals surface area (Å²) in [6, 6.07) is 7.61. The summed E-state index contributed by atoms with van der Waals surface area (Å²) in [7, 11) is -3.13. The number of fused-ring (bicyclic) bond motifs is 2. The van der Waals surface area contributed by atoms with Gasteiger partial charge in [0.15, 0.2) is 0 Å². The molecule has 1 aromatic rings. The van der Waals surface area contributed by atoms with Crippen LogP contribution in [-0.2, 0) is 6.42 Å². The van der Waals surface area contributed by atoms with Gasteiger partial charge in [0.2, 0.25) is 0 Å². The summed E-state index contributed by atoms with van der Waals surface area (Å²) < 4.78 is 0. The van der Waals surface area contributed by atoms with Gasteiger partial charge in [0, 0.05) is 5.92 Å². The Morgan fingerprint density at radius 1 is 1.00 bits per heavy atom. The van der Waals surface area contributed by atoms with Gasteiger partial charge in [-0.25, -0.2) is 0 Å². The minimum absolute atomic E-state index is 0.0733. The summed E-state index contributed by atoms with van der Waals surface area (Å²) in [4.78, 5) is 0. The molecule has 2 atom stereocenters. The van der Waals surface area contributed by atoms with Crippen LogP contribution in [0.4, 0.5) is 0 Å². The van der Waals surface area contributed by atoms with Crippen LogP contribution >= 0.6 is 0 Å². The summed E-state index contributed by atoms with van der Waals surface area (Å²) in [6.45, 7) is 0. The van der Waals surface area contributed by atoms with Crippen LogP contribution in [0, 0.1) is 11.8 Å². The molecular weight excluding hydrogens is 266 g/mol. The molecule has 0 amide bonds. The molecule has 0 heterocycles. The van der Waals surface area contributed by atoms with Crippen molar-refractivity contribution in [1.82, 2.24) is 0 Å². The fraction of sp³-hybridized carbons (Fsp3) is 0.200. The maximum Gasteiger partial charge on any atom is 0.488 e. The average Bonchev–Trinajstić information content (AvgIpc) is 2.62. The summed E-state index contributed by atoms with van der Waals surface area (Å²) in [6.07, 6.45) is 7.99. The van der Waals surface area contributed by atoms with E-state index in [0.717, 1.165) is 11.1 Å². The first-order valence-electron chi connectivity index (χ1n) is 6.98. The molecule has 0 aliphatic heterocycles. The standard InChI is InChI=1S/C15H16B2O4/c18-16(19)14-7-3-5-11-8-10-4-1-2-6-12(10)15(17(20)21)9-13(11)14/h1-7,9,11,13,18-21H,8H2. The van der Waals surface area contributed by atoms with Crippen LogP contribution in [0.15, 0.2) is 54.0 Å². The van der Waals surface area contributed by atoms with Crippen molar-refractivity contribution in [2.75, 3.05) is 0 Å². The molecule has 0 saturated carbocycles. The first-order valence-corrected chi connectivity index (χ1v) is 6.98. The highest BCUT2D eigenvalue weighted by Crippen LogP contribution is 2.38. The Bertz CT molecular complexity index is 634. The van der Waals surface area contributed by atoms with Gasteiger partial charge in [-0.15, -0.1) is 0 Å². The Hall–Kier alpha value is -1.59. The van der Waals surface area contributed by atoms with Crippen LogP contribution in [0.3, 0.4) is 0 Å². The van der Waals surface area contributed by atoms with Gasteiger partial charge in [-0.3, -0.25) is 0 Å². The normalized spacial score (nSPS) is 23.4. The molecule has 21 heavy (non-hydrogen) atoms. The van der Waals surface area contributed by atoms with Crippen molar-refractivity contribution in [3.05, 3.63) is 65.2 Å². The smallest absolute Gasteiger partial charge is 0.423 e. The van der Waals surface area contributed by atoms with Crippen LogP contribution in [0.5, 0.6) is 0 Å². The summed E-state index contributed by atoms with van der Waals surface area (Å²) in [5.41, 5.74) is 2.73. The molecule has 3 rings (SSSR count). The van der Waals surface area contributed by atoms with E-state index in [9.17, 15) is 20.1 Å².